The Hall–Kier alpha value is -0.0400. The Labute approximate surface area is 49.7 Å². The molecule has 3 fully saturated rings. The predicted octanol–water partition coefficient (Wildman–Crippen LogP) is 1.17. The van der Waals surface area contributed by atoms with Gasteiger partial charge in [0, 0.05) is 0 Å². The predicted molar refractivity (Wildman–Crippen MR) is 31.5 cm³/mol. The Morgan fingerprint density at radius 2 is 1.75 bits per heavy atom. The van der Waals surface area contributed by atoms with Gasteiger partial charge in [-0.25, -0.2) is 0 Å². The minimum atomic E-state index is 0.101. The van der Waals surface area contributed by atoms with Gasteiger partial charge in [0.2, 0.25) is 0 Å². The summed E-state index contributed by atoms with van der Waals surface area (Å²) in [6.07, 6.45) is 5.37. The largest absolute Gasteiger partial charge is 0.393 e. The maximum atomic E-state index is 9.23. The van der Waals surface area contributed by atoms with Crippen LogP contribution in [0, 0.1) is 11.8 Å². The summed E-state index contributed by atoms with van der Waals surface area (Å²) < 4.78 is 0. The topological polar surface area (TPSA) is 20.2 Å². The molecule has 0 radical (unpaired) electrons. The van der Waals surface area contributed by atoms with Crippen LogP contribution in [-0.4, -0.2) is 11.2 Å². The van der Waals surface area contributed by atoms with Crippen molar-refractivity contribution in [2.75, 3.05) is 0 Å². The van der Waals surface area contributed by atoms with Gasteiger partial charge >= 0.3 is 0 Å². The van der Waals surface area contributed by atoms with E-state index < -0.39 is 0 Å². The van der Waals surface area contributed by atoms with Gasteiger partial charge in [-0.05, 0) is 31.1 Å². The second kappa shape index (κ2) is 1.47. The van der Waals surface area contributed by atoms with E-state index in [0.29, 0.717) is 11.8 Å². The number of hydrogen-bond acceptors (Lipinski definition) is 1. The Morgan fingerprint density at radius 3 is 2.00 bits per heavy atom. The summed E-state index contributed by atoms with van der Waals surface area (Å²) in [6, 6.07) is 0. The first-order valence-corrected chi connectivity index (χ1v) is 3.56. The molecular weight excluding hydrogens is 100 g/mol. The number of aliphatic hydroxyl groups is 1. The molecule has 0 aromatic carbocycles. The summed E-state index contributed by atoms with van der Waals surface area (Å²) in [5.41, 5.74) is 0. The maximum absolute atomic E-state index is 9.23. The van der Waals surface area contributed by atoms with Crippen molar-refractivity contribution in [2.45, 2.75) is 31.8 Å². The van der Waals surface area contributed by atoms with Crippen LogP contribution < -0.4 is 0 Å². The third-order valence-electron chi connectivity index (χ3n) is 2.72. The van der Waals surface area contributed by atoms with Crippen molar-refractivity contribution in [3.63, 3.8) is 0 Å². The van der Waals surface area contributed by atoms with Crippen LogP contribution >= 0.6 is 0 Å². The van der Waals surface area contributed by atoms with Crippen LogP contribution in [0.1, 0.15) is 25.7 Å². The van der Waals surface area contributed by atoms with Gasteiger partial charge in [-0.1, -0.05) is 6.42 Å². The molecule has 0 aromatic heterocycles. The van der Waals surface area contributed by atoms with Crippen LogP contribution in [-0.2, 0) is 0 Å². The molecule has 3 aliphatic carbocycles. The first-order valence-electron chi connectivity index (χ1n) is 3.56. The SMILES string of the molecule is OC1[C@@H]2CCC[C@H]1C2. The summed E-state index contributed by atoms with van der Waals surface area (Å²) in [6.45, 7) is 0. The quantitative estimate of drug-likeness (QED) is 0.498. The molecule has 46 valence electrons. The third kappa shape index (κ3) is 0.455. The van der Waals surface area contributed by atoms with Crippen molar-refractivity contribution >= 4 is 0 Å². The van der Waals surface area contributed by atoms with E-state index in [-0.39, 0.29) is 6.10 Å². The number of rotatable bonds is 0. The normalized spacial score (nSPS) is 52.9. The minimum Gasteiger partial charge on any atom is -0.393 e. The molecule has 3 atom stereocenters. The molecule has 1 unspecified atom stereocenters. The van der Waals surface area contributed by atoms with E-state index in [1.54, 1.807) is 0 Å². The molecule has 1 N–H and O–H groups in total. The van der Waals surface area contributed by atoms with Crippen LogP contribution in [0.4, 0.5) is 0 Å². The molecule has 0 saturated heterocycles. The Kier molecular flexibility index (Phi) is 0.884. The summed E-state index contributed by atoms with van der Waals surface area (Å²) in [5.74, 6) is 1.41. The molecule has 3 aliphatic rings. The van der Waals surface area contributed by atoms with Gasteiger partial charge in [-0.15, -0.1) is 0 Å². The van der Waals surface area contributed by atoms with Crippen molar-refractivity contribution in [1.29, 1.82) is 0 Å². The zero-order valence-electron chi connectivity index (χ0n) is 5.01. The lowest BCUT2D eigenvalue weighted by atomic mass is 9.63. The van der Waals surface area contributed by atoms with Crippen LogP contribution in [0.25, 0.3) is 0 Å². The van der Waals surface area contributed by atoms with E-state index in [1.807, 2.05) is 0 Å². The van der Waals surface area contributed by atoms with E-state index in [1.165, 1.54) is 25.7 Å². The highest BCUT2D eigenvalue weighted by atomic mass is 16.3. The molecular formula is C7H12O. The minimum absolute atomic E-state index is 0.101. The molecule has 0 heterocycles. The number of aliphatic hydroxyl groups excluding tert-OH is 1. The van der Waals surface area contributed by atoms with Crippen LogP contribution in [0.2, 0.25) is 0 Å². The average Bonchev–Trinajstić information content (AvgIpc) is 1.89. The summed E-state index contributed by atoms with van der Waals surface area (Å²) in [5, 5.41) is 9.23. The van der Waals surface area contributed by atoms with E-state index in [0.717, 1.165) is 0 Å². The second-order valence-electron chi connectivity index (χ2n) is 3.18. The van der Waals surface area contributed by atoms with Crippen LogP contribution in [0.15, 0.2) is 0 Å². The van der Waals surface area contributed by atoms with Crippen molar-refractivity contribution in [1.82, 2.24) is 0 Å². The maximum Gasteiger partial charge on any atom is 0.0596 e. The third-order valence-corrected chi connectivity index (χ3v) is 2.72. The van der Waals surface area contributed by atoms with Crippen LogP contribution in [0.5, 0.6) is 0 Å². The summed E-state index contributed by atoms with van der Waals surface area (Å²) in [4.78, 5) is 0. The molecule has 0 aliphatic heterocycles. The first kappa shape index (κ1) is 4.80. The van der Waals surface area contributed by atoms with Crippen molar-refractivity contribution in [3.05, 3.63) is 0 Å². The summed E-state index contributed by atoms with van der Waals surface area (Å²) in [7, 11) is 0. The molecule has 1 heteroatoms. The molecule has 0 amide bonds. The smallest absolute Gasteiger partial charge is 0.0596 e. The Bertz CT molecular complexity index is 86.6. The van der Waals surface area contributed by atoms with E-state index in [4.69, 9.17) is 0 Å². The van der Waals surface area contributed by atoms with Gasteiger partial charge in [0.25, 0.3) is 0 Å². The molecule has 0 spiro atoms. The van der Waals surface area contributed by atoms with Gasteiger partial charge in [0.1, 0.15) is 0 Å². The number of hydrogen-bond donors (Lipinski definition) is 1. The van der Waals surface area contributed by atoms with E-state index in [9.17, 15) is 5.11 Å². The molecule has 8 heavy (non-hydrogen) atoms. The molecule has 3 rings (SSSR count). The van der Waals surface area contributed by atoms with Gasteiger partial charge in [0.05, 0.1) is 6.10 Å². The fourth-order valence-electron chi connectivity index (χ4n) is 2.08. The van der Waals surface area contributed by atoms with Gasteiger partial charge in [-0.2, -0.15) is 0 Å². The molecule has 2 bridgehead atoms. The zero-order valence-corrected chi connectivity index (χ0v) is 5.01. The summed E-state index contributed by atoms with van der Waals surface area (Å²) >= 11 is 0. The number of fused-ring (bicyclic) bond motifs is 2. The fourth-order valence-corrected chi connectivity index (χ4v) is 2.08. The first-order chi connectivity index (χ1) is 3.88. The van der Waals surface area contributed by atoms with Crippen molar-refractivity contribution < 1.29 is 5.11 Å². The van der Waals surface area contributed by atoms with Crippen molar-refractivity contribution in [3.8, 4) is 0 Å². The lowest BCUT2D eigenvalue weighted by molar-refractivity contribution is -0.0749. The Morgan fingerprint density at radius 1 is 1.12 bits per heavy atom. The lowest BCUT2D eigenvalue weighted by Crippen LogP contribution is -2.45. The highest BCUT2D eigenvalue weighted by Gasteiger charge is 2.41. The average molecular weight is 112 g/mol. The Balaban J connectivity index is 2.03. The van der Waals surface area contributed by atoms with Gasteiger partial charge in [0.15, 0.2) is 0 Å². The molecule has 3 saturated carbocycles. The standard InChI is InChI=1S/C7H12O/c8-7-5-2-1-3-6(7)4-5/h5-8H,1-4H2/t5-,6+,7?. The van der Waals surface area contributed by atoms with Crippen LogP contribution in [0.3, 0.4) is 0 Å². The van der Waals surface area contributed by atoms with E-state index in [2.05, 4.69) is 0 Å². The highest BCUT2D eigenvalue weighted by molar-refractivity contribution is 4.92. The van der Waals surface area contributed by atoms with E-state index >= 15 is 0 Å². The second-order valence-corrected chi connectivity index (χ2v) is 3.18. The monoisotopic (exact) mass is 112 g/mol. The fraction of sp³-hybridized carbons (Fsp3) is 1.00. The lowest BCUT2D eigenvalue weighted by Gasteiger charge is -2.46. The zero-order chi connectivity index (χ0) is 5.56. The molecule has 0 aromatic rings. The van der Waals surface area contributed by atoms with Gasteiger partial charge < -0.3 is 5.11 Å². The molecule has 1 nitrogen and oxygen atoms in total. The van der Waals surface area contributed by atoms with Crippen molar-refractivity contribution in [2.24, 2.45) is 11.8 Å². The highest BCUT2D eigenvalue weighted by Crippen LogP contribution is 2.45. The van der Waals surface area contributed by atoms with Gasteiger partial charge in [-0.3, -0.25) is 0 Å².